The van der Waals surface area contributed by atoms with E-state index in [1.807, 2.05) is 19.1 Å². The molecular formula is C43H63NO11. The lowest BCUT2D eigenvalue weighted by molar-refractivity contribution is -0.342. The Kier molecular flexibility index (Phi) is 12.5. The molecule has 12 nitrogen and oxygen atoms in total. The van der Waals surface area contributed by atoms with Gasteiger partial charge in [-0.25, -0.2) is 0 Å². The Balaban J connectivity index is 1.25. The van der Waals surface area contributed by atoms with E-state index in [0.29, 0.717) is 55.1 Å². The van der Waals surface area contributed by atoms with Crippen molar-refractivity contribution in [2.45, 2.75) is 172 Å². The van der Waals surface area contributed by atoms with Crippen LogP contribution in [0, 0.1) is 23.7 Å². The molecule has 1 saturated carbocycles. The highest BCUT2D eigenvalue weighted by Crippen LogP contribution is 2.48. The first kappa shape index (κ1) is 40.8. The highest BCUT2D eigenvalue weighted by molar-refractivity contribution is 6.06. The van der Waals surface area contributed by atoms with Crippen LogP contribution in [-0.4, -0.2) is 107 Å². The molecule has 7 rings (SSSR count). The van der Waals surface area contributed by atoms with Crippen molar-refractivity contribution in [3.8, 4) is 0 Å². The Bertz CT molecular complexity index is 1550. The van der Waals surface area contributed by atoms with Crippen LogP contribution in [0.3, 0.4) is 0 Å². The van der Waals surface area contributed by atoms with Crippen molar-refractivity contribution in [1.82, 2.24) is 0 Å². The SMILES string of the molecule is CO[C@@H]1C[C@H](O[C@@H]2/C(C)=C/C[C@H]3C[C@@H](C[C@]4(CC[C@H](C)[C@H](C5CCCCC5)O4)O3)OC(=O)[C@@H]3C=C(C)/C(=N/O)[C@@H]4OC/C(=C\C=C\[C@@H]2C)[C@]34O)O[C@H](C)[C@H]1O. The molecule has 1 spiro atoms. The predicted octanol–water partition coefficient (Wildman–Crippen LogP) is 6.07. The number of hydrogen-bond donors (Lipinski definition) is 3. The zero-order chi connectivity index (χ0) is 39.1. The van der Waals surface area contributed by atoms with Gasteiger partial charge in [-0.15, -0.1) is 0 Å². The van der Waals surface area contributed by atoms with Gasteiger partial charge in [0, 0.05) is 38.7 Å². The van der Waals surface area contributed by atoms with Crippen molar-refractivity contribution in [1.29, 1.82) is 0 Å². The van der Waals surface area contributed by atoms with Crippen LogP contribution < -0.4 is 0 Å². The number of nitrogens with zero attached hydrogens (tertiary/aromatic N) is 1. The van der Waals surface area contributed by atoms with E-state index in [4.69, 9.17) is 33.2 Å². The quantitative estimate of drug-likeness (QED) is 0.132. The molecule has 306 valence electrons. The number of hydrogen-bond acceptors (Lipinski definition) is 12. The van der Waals surface area contributed by atoms with E-state index in [-0.39, 0.29) is 30.4 Å². The molecule has 0 amide bonds. The predicted molar refractivity (Wildman–Crippen MR) is 203 cm³/mol. The van der Waals surface area contributed by atoms with E-state index in [9.17, 15) is 20.2 Å². The largest absolute Gasteiger partial charge is 0.462 e. The van der Waals surface area contributed by atoms with Crippen molar-refractivity contribution < 1.29 is 53.4 Å². The van der Waals surface area contributed by atoms with Crippen LogP contribution in [0.5, 0.6) is 0 Å². The van der Waals surface area contributed by atoms with Crippen molar-refractivity contribution in [2.75, 3.05) is 13.7 Å². The summed E-state index contributed by atoms with van der Waals surface area (Å²) in [7, 11) is 1.59. The summed E-state index contributed by atoms with van der Waals surface area (Å²) in [5, 5.41) is 36.7. The Morgan fingerprint density at radius 2 is 1.80 bits per heavy atom. The third-order valence-electron chi connectivity index (χ3n) is 13.6. The Labute approximate surface area is 325 Å². The minimum Gasteiger partial charge on any atom is -0.462 e. The third-order valence-corrected chi connectivity index (χ3v) is 13.6. The molecule has 0 aromatic carbocycles. The van der Waals surface area contributed by atoms with Crippen molar-refractivity contribution >= 4 is 11.7 Å². The number of allylic oxidation sites excluding steroid dienone is 2. The Morgan fingerprint density at radius 1 is 1.02 bits per heavy atom. The molecule has 3 N–H and O–H groups in total. The summed E-state index contributed by atoms with van der Waals surface area (Å²) in [5.74, 6) is -1.83. The van der Waals surface area contributed by atoms with Crippen molar-refractivity contribution in [3.63, 3.8) is 0 Å². The summed E-state index contributed by atoms with van der Waals surface area (Å²) in [6.07, 6.45) is 14.4. The lowest BCUT2D eigenvalue weighted by Gasteiger charge is -2.51. The number of ether oxygens (including phenoxy) is 7. The molecule has 14 atom stereocenters. The van der Waals surface area contributed by atoms with E-state index >= 15 is 0 Å². The minimum absolute atomic E-state index is 0.0359. The second-order valence-electron chi connectivity index (χ2n) is 17.4. The molecule has 0 unspecified atom stereocenters. The number of rotatable bonds is 4. The fourth-order valence-corrected chi connectivity index (χ4v) is 10.4. The van der Waals surface area contributed by atoms with Crippen LogP contribution in [0.15, 0.2) is 52.3 Å². The molecule has 7 aliphatic rings. The number of carbonyl (C=O) groups is 1. The summed E-state index contributed by atoms with van der Waals surface area (Å²) in [4.78, 5) is 14.4. The van der Waals surface area contributed by atoms with E-state index < -0.39 is 66.2 Å². The molecule has 2 aliphatic carbocycles. The van der Waals surface area contributed by atoms with Gasteiger partial charge in [0.05, 0.1) is 37.1 Å². The summed E-state index contributed by atoms with van der Waals surface area (Å²) in [6, 6.07) is 0. The number of aliphatic hydroxyl groups is 2. The van der Waals surface area contributed by atoms with Crippen LogP contribution in [0.2, 0.25) is 0 Å². The van der Waals surface area contributed by atoms with Crippen molar-refractivity contribution in [3.05, 3.63) is 47.1 Å². The second-order valence-corrected chi connectivity index (χ2v) is 17.4. The van der Waals surface area contributed by atoms with Crippen LogP contribution in [0.25, 0.3) is 0 Å². The van der Waals surface area contributed by atoms with Crippen LogP contribution in [-0.2, 0) is 38.0 Å². The average Bonchev–Trinajstić information content (AvgIpc) is 3.50. The summed E-state index contributed by atoms with van der Waals surface area (Å²) < 4.78 is 45.1. The van der Waals surface area contributed by atoms with E-state index in [1.165, 1.54) is 19.3 Å². The molecule has 55 heavy (non-hydrogen) atoms. The molecule has 0 aromatic rings. The first-order valence-electron chi connectivity index (χ1n) is 20.7. The lowest BCUT2D eigenvalue weighted by Crippen LogP contribution is -2.57. The fourth-order valence-electron chi connectivity index (χ4n) is 10.4. The number of aliphatic hydroxyl groups excluding tert-OH is 1. The smallest absolute Gasteiger partial charge is 0.316 e. The maximum atomic E-state index is 14.4. The van der Waals surface area contributed by atoms with Gasteiger partial charge in [-0.05, 0) is 75.0 Å². The summed E-state index contributed by atoms with van der Waals surface area (Å²) >= 11 is 0. The Hall–Kier alpha value is -2.42. The van der Waals surface area contributed by atoms with Gasteiger partial charge < -0.3 is 48.6 Å². The monoisotopic (exact) mass is 769 g/mol. The van der Waals surface area contributed by atoms with Gasteiger partial charge in [-0.3, -0.25) is 4.79 Å². The molecule has 5 aliphatic heterocycles. The van der Waals surface area contributed by atoms with Crippen LogP contribution in [0.1, 0.15) is 105 Å². The second kappa shape index (κ2) is 16.8. The van der Waals surface area contributed by atoms with Gasteiger partial charge >= 0.3 is 5.97 Å². The topological polar surface area (TPSA) is 155 Å². The zero-order valence-electron chi connectivity index (χ0n) is 33.4. The number of methoxy groups -OCH3 is 1. The maximum absolute atomic E-state index is 14.4. The summed E-state index contributed by atoms with van der Waals surface area (Å²) in [6.45, 7) is 10.0. The summed E-state index contributed by atoms with van der Waals surface area (Å²) in [5.41, 5.74) is 0.362. The highest BCUT2D eigenvalue weighted by atomic mass is 16.7. The lowest BCUT2D eigenvalue weighted by atomic mass is 9.71. The fraction of sp³-hybridized carbons (Fsp3) is 0.767. The minimum atomic E-state index is -1.83. The van der Waals surface area contributed by atoms with Crippen LogP contribution in [0.4, 0.5) is 0 Å². The van der Waals surface area contributed by atoms with Gasteiger partial charge in [0.2, 0.25) is 0 Å². The van der Waals surface area contributed by atoms with Crippen LogP contribution >= 0.6 is 0 Å². The molecule has 5 fully saturated rings. The third kappa shape index (κ3) is 8.17. The normalized spacial score (nSPS) is 47.9. The number of oxime groups is 1. The molecule has 0 radical (unpaired) electrons. The van der Waals surface area contributed by atoms with Gasteiger partial charge in [0.1, 0.15) is 35.5 Å². The van der Waals surface area contributed by atoms with Gasteiger partial charge in [-0.1, -0.05) is 68.6 Å². The molecular weight excluding hydrogens is 706 g/mol. The average molecular weight is 770 g/mol. The Morgan fingerprint density at radius 3 is 2.55 bits per heavy atom. The molecule has 4 saturated heterocycles. The van der Waals surface area contributed by atoms with Gasteiger partial charge in [0.15, 0.2) is 12.1 Å². The first-order chi connectivity index (χ1) is 26.4. The molecule has 2 bridgehead atoms. The number of carbonyl (C=O) groups excluding carboxylic acids is 1. The van der Waals surface area contributed by atoms with E-state index in [0.717, 1.165) is 24.8 Å². The van der Waals surface area contributed by atoms with Gasteiger partial charge in [-0.2, -0.15) is 0 Å². The zero-order valence-corrected chi connectivity index (χ0v) is 33.4. The highest BCUT2D eigenvalue weighted by Gasteiger charge is 2.60. The van der Waals surface area contributed by atoms with Crippen molar-refractivity contribution in [2.24, 2.45) is 28.8 Å². The molecule has 0 aromatic heterocycles. The number of esters is 1. The van der Waals surface area contributed by atoms with E-state index in [2.05, 4.69) is 32.0 Å². The van der Waals surface area contributed by atoms with E-state index in [1.54, 1.807) is 26.2 Å². The van der Waals surface area contributed by atoms with Gasteiger partial charge in [0.25, 0.3) is 0 Å². The standard InChI is InChI=1S/C43H63NO11/c1-24-11-10-14-30-23-50-40-36(44-48)27(4)19-33(43(30,40)47)41(46)52-32-20-31(16-15-25(2)38(24)53-35-21-34(49-6)37(45)28(5)51-35)54-42(22-32)18-17-26(3)39(55-42)29-12-8-7-9-13-29/h10-11,14-15,19,24,26,28-29,31-35,37-40,45,47-48H,7-9,12-13,16-18,20-23H2,1-6H3/b11-10+,25-15+,30-14+,44-36-/t24-,26-,28+,31-,32-,33-,34+,35-,37+,38-,39+,40-,42+,43-/m0/s1. The molecule has 12 heteroatoms. The maximum Gasteiger partial charge on any atom is 0.316 e. The number of fused-ring (bicyclic) bond motifs is 2. The molecule has 5 heterocycles. The first-order valence-corrected chi connectivity index (χ1v) is 20.7.